The van der Waals surface area contributed by atoms with Crippen LogP contribution in [0, 0.1) is 5.92 Å². The average Bonchev–Trinajstić information content (AvgIpc) is 3.13. The predicted octanol–water partition coefficient (Wildman–Crippen LogP) is 2.62. The summed E-state index contributed by atoms with van der Waals surface area (Å²) in [5, 5.41) is 0. The number of nitrogen functional groups attached to an aromatic ring is 1. The van der Waals surface area contributed by atoms with Crippen molar-refractivity contribution < 1.29 is 18.3 Å². The zero-order valence-corrected chi connectivity index (χ0v) is 11.1. The number of nitrogens with zero attached hydrogens (tertiary/aromatic N) is 1. The third-order valence-corrected chi connectivity index (χ3v) is 4.03. The van der Waals surface area contributed by atoms with Crippen molar-refractivity contribution >= 4 is 11.6 Å². The lowest BCUT2D eigenvalue weighted by molar-refractivity contribution is -0.0501. The second kappa shape index (κ2) is 4.61. The van der Waals surface area contributed by atoms with Crippen molar-refractivity contribution in [3.8, 4) is 5.75 Å². The Balaban J connectivity index is 1.94. The van der Waals surface area contributed by atoms with Crippen LogP contribution in [0.25, 0.3) is 0 Å². The number of anilines is 1. The molecule has 0 bridgehead atoms. The van der Waals surface area contributed by atoms with Crippen LogP contribution in [0.5, 0.6) is 5.75 Å². The zero-order valence-electron chi connectivity index (χ0n) is 11.1. The first-order chi connectivity index (χ1) is 9.47. The van der Waals surface area contributed by atoms with Gasteiger partial charge in [0, 0.05) is 24.3 Å². The van der Waals surface area contributed by atoms with Crippen molar-refractivity contribution in [1.29, 1.82) is 0 Å². The summed E-state index contributed by atoms with van der Waals surface area (Å²) in [6, 6.07) is 3.06. The number of hydrogen-bond acceptors (Lipinski definition) is 3. The second-order valence-electron chi connectivity index (χ2n) is 5.44. The topological polar surface area (TPSA) is 55.6 Å². The first-order valence-corrected chi connectivity index (χ1v) is 6.65. The maximum atomic E-state index is 12.5. The highest BCUT2D eigenvalue weighted by Crippen LogP contribution is 2.41. The standard InChI is InChI=1S/C14H16F2N2O2/c1-7(8-2-3-8)18-6-9-4-10(17)5-11(20-14(15)16)12(9)13(18)19/h4-5,7-8,14H,2-3,6,17H2,1H3/t7-/m0/s1. The van der Waals surface area contributed by atoms with Gasteiger partial charge in [-0.25, -0.2) is 0 Å². The zero-order chi connectivity index (χ0) is 14.4. The number of halogens is 2. The number of carbonyl (C=O) groups is 1. The Hall–Kier alpha value is -1.85. The third kappa shape index (κ3) is 2.19. The van der Waals surface area contributed by atoms with Crippen molar-refractivity contribution in [3.63, 3.8) is 0 Å². The Bertz CT molecular complexity index is 558. The second-order valence-corrected chi connectivity index (χ2v) is 5.44. The van der Waals surface area contributed by atoms with Gasteiger partial charge in [0.2, 0.25) is 0 Å². The molecule has 1 fully saturated rings. The SMILES string of the molecule is C[C@@H](C1CC1)N1Cc2cc(N)cc(OC(F)F)c2C1=O. The van der Waals surface area contributed by atoms with Gasteiger partial charge >= 0.3 is 6.61 Å². The van der Waals surface area contributed by atoms with Gasteiger partial charge in [0.1, 0.15) is 5.75 Å². The van der Waals surface area contributed by atoms with Gasteiger partial charge in [0.05, 0.1) is 5.56 Å². The summed E-state index contributed by atoms with van der Waals surface area (Å²) in [6.45, 7) is -0.557. The first kappa shape index (κ1) is 13.1. The predicted molar refractivity (Wildman–Crippen MR) is 69.5 cm³/mol. The van der Waals surface area contributed by atoms with E-state index in [1.807, 2.05) is 6.92 Å². The molecule has 1 aliphatic heterocycles. The van der Waals surface area contributed by atoms with Crippen LogP contribution in [0.15, 0.2) is 12.1 Å². The smallest absolute Gasteiger partial charge is 0.387 e. The van der Waals surface area contributed by atoms with Crippen LogP contribution in [0.1, 0.15) is 35.7 Å². The fraction of sp³-hybridized carbons (Fsp3) is 0.500. The van der Waals surface area contributed by atoms with E-state index < -0.39 is 6.61 Å². The highest BCUT2D eigenvalue weighted by Gasteiger charge is 2.40. The molecule has 3 rings (SSSR count). The van der Waals surface area contributed by atoms with Gasteiger partial charge in [-0.05, 0) is 37.3 Å². The first-order valence-electron chi connectivity index (χ1n) is 6.65. The molecule has 1 amide bonds. The van der Waals surface area contributed by atoms with Crippen LogP contribution < -0.4 is 10.5 Å². The van der Waals surface area contributed by atoms with Crippen LogP contribution in [0.4, 0.5) is 14.5 Å². The lowest BCUT2D eigenvalue weighted by Gasteiger charge is -2.24. The fourth-order valence-electron chi connectivity index (χ4n) is 2.81. The molecule has 2 N–H and O–H groups in total. The molecule has 2 aliphatic rings. The van der Waals surface area contributed by atoms with E-state index in [4.69, 9.17) is 5.73 Å². The van der Waals surface area contributed by atoms with Crippen molar-refractivity contribution in [2.24, 2.45) is 5.92 Å². The number of alkyl halides is 2. The van der Waals surface area contributed by atoms with Crippen LogP contribution in [0.2, 0.25) is 0 Å². The molecule has 1 aromatic carbocycles. The van der Waals surface area contributed by atoms with Gasteiger partial charge in [-0.15, -0.1) is 0 Å². The molecule has 1 aliphatic carbocycles. The number of hydrogen-bond donors (Lipinski definition) is 1. The largest absolute Gasteiger partial charge is 0.434 e. The highest BCUT2D eigenvalue weighted by molar-refractivity contribution is 6.01. The molecule has 1 saturated carbocycles. The number of nitrogens with two attached hydrogens (primary N) is 1. The molecule has 0 radical (unpaired) electrons. The van der Waals surface area contributed by atoms with Crippen LogP contribution in [-0.2, 0) is 6.54 Å². The minimum Gasteiger partial charge on any atom is -0.434 e. The fourth-order valence-corrected chi connectivity index (χ4v) is 2.81. The van der Waals surface area contributed by atoms with Gasteiger partial charge in [0.15, 0.2) is 0 Å². The summed E-state index contributed by atoms with van der Waals surface area (Å²) in [7, 11) is 0. The Kier molecular flexibility index (Phi) is 3.03. The van der Waals surface area contributed by atoms with Gasteiger partial charge in [-0.3, -0.25) is 4.79 Å². The minimum absolute atomic E-state index is 0.120. The summed E-state index contributed by atoms with van der Waals surface area (Å²) < 4.78 is 29.4. The highest BCUT2D eigenvalue weighted by atomic mass is 19.3. The maximum absolute atomic E-state index is 12.5. The summed E-state index contributed by atoms with van der Waals surface area (Å²) in [5.74, 6) is 0.158. The minimum atomic E-state index is -2.97. The van der Waals surface area contributed by atoms with E-state index in [9.17, 15) is 13.6 Å². The molecule has 1 aromatic rings. The Morgan fingerprint density at radius 3 is 2.70 bits per heavy atom. The molecule has 108 valence electrons. The number of rotatable bonds is 4. The summed E-state index contributed by atoms with van der Waals surface area (Å²) in [4.78, 5) is 14.2. The van der Waals surface area contributed by atoms with E-state index in [1.165, 1.54) is 6.07 Å². The summed E-state index contributed by atoms with van der Waals surface area (Å²) >= 11 is 0. The van der Waals surface area contributed by atoms with E-state index in [0.29, 0.717) is 23.7 Å². The van der Waals surface area contributed by atoms with Crippen molar-refractivity contribution in [2.75, 3.05) is 5.73 Å². The molecule has 0 saturated heterocycles. The normalized spacial score (nSPS) is 19.4. The van der Waals surface area contributed by atoms with Crippen LogP contribution >= 0.6 is 0 Å². The number of fused-ring (bicyclic) bond motifs is 1. The lowest BCUT2D eigenvalue weighted by atomic mass is 10.1. The lowest BCUT2D eigenvalue weighted by Crippen LogP contribution is -2.34. The molecule has 1 atom stereocenters. The number of ether oxygens (including phenoxy) is 1. The number of benzene rings is 1. The number of carbonyl (C=O) groups excluding carboxylic acids is 1. The molecule has 20 heavy (non-hydrogen) atoms. The molecule has 0 unspecified atom stereocenters. The molecule has 6 heteroatoms. The molecule has 4 nitrogen and oxygen atoms in total. The van der Waals surface area contributed by atoms with Gasteiger partial charge in [-0.1, -0.05) is 0 Å². The molecular formula is C14H16F2N2O2. The Morgan fingerprint density at radius 2 is 2.10 bits per heavy atom. The van der Waals surface area contributed by atoms with E-state index in [-0.39, 0.29) is 23.3 Å². The molecule has 1 heterocycles. The summed E-state index contributed by atoms with van der Waals surface area (Å²) in [6.07, 6.45) is 2.23. The maximum Gasteiger partial charge on any atom is 0.387 e. The van der Waals surface area contributed by atoms with Crippen molar-refractivity contribution in [3.05, 3.63) is 23.3 Å². The van der Waals surface area contributed by atoms with E-state index in [0.717, 1.165) is 12.8 Å². The quantitative estimate of drug-likeness (QED) is 0.864. The van der Waals surface area contributed by atoms with Gasteiger partial charge in [0.25, 0.3) is 5.91 Å². The van der Waals surface area contributed by atoms with E-state index in [2.05, 4.69) is 4.74 Å². The van der Waals surface area contributed by atoms with E-state index in [1.54, 1.807) is 11.0 Å². The Labute approximate surface area is 115 Å². The molecule has 0 aromatic heterocycles. The summed E-state index contributed by atoms with van der Waals surface area (Å²) in [5.41, 5.74) is 6.91. The monoisotopic (exact) mass is 282 g/mol. The van der Waals surface area contributed by atoms with Crippen LogP contribution in [-0.4, -0.2) is 23.5 Å². The van der Waals surface area contributed by atoms with Crippen molar-refractivity contribution in [1.82, 2.24) is 4.90 Å². The number of amides is 1. The Morgan fingerprint density at radius 1 is 1.40 bits per heavy atom. The van der Waals surface area contributed by atoms with Gasteiger partial charge in [-0.2, -0.15) is 8.78 Å². The molecule has 0 spiro atoms. The van der Waals surface area contributed by atoms with E-state index >= 15 is 0 Å². The molecular weight excluding hydrogens is 266 g/mol. The third-order valence-electron chi connectivity index (χ3n) is 4.03. The van der Waals surface area contributed by atoms with Crippen LogP contribution in [0.3, 0.4) is 0 Å². The van der Waals surface area contributed by atoms with Crippen molar-refractivity contribution in [2.45, 2.75) is 39.0 Å². The average molecular weight is 282 g/mol. The van der Waals surface area contributed by atoms with Gasteiger partial charge < -0.3 is 15.4 Å².